The Bertz CT molecular complexity index is 630. The molecule has 2 aromatic carbocycles. The maximum atomic E-state index is 10.7. The molecular weight excluding hydrogens is 326 g/mol. The summed E-state index contributed by atoms with van der Waals surface area (Å²) in [6.07, 6.45) is 0. The summed E-state index contributed by atoms with van der Waals surface area (Å²) in [7, 11) is 0. The molecule has 6 heteroatoms. The van der Waals surface area contributed by atoms with E-state index in [-0.39, 0.29) is 12.3 Å². The first-order valence-electron chi connectivity index (χ1n) is 5.85. The third-order valence-corrected chi connectivity index (χ3v) is 3.20. The van der Waals surface area contributed by atoms with Gasteiger partial charge in [0.1, 0.15) is 12.4 Å². The van der Waals surface area contributed by atoms with Crippen molar-refractivity contribution in [3.63, 3.8) is 0 Å². The Labute approximate surface area is 124 Å². The van der Waals surface area contributed by atoms with Crippen LogP contribution in [-0.2, 0) is 13.2 Å². The molecule has 0 aromatic heterocycles. The topological polar surface area (TPSA) is 72.6 Å². The maximum absolute atomic E-state index is 10.7. The fraction of sp³-hybridized carbons (Fsp3) is 0.143. The molecule has 0 heterocycles. The summed E-state index contributed by atoms with van der Waals surface area (Å²) in [4.78, 5) is 10.2. The fourth-order valence-electron chi connectivity index (χ4n) is 1.73. The Morgan fingerprint density at radius 1 is 1.25 bits per heavy atom. The van der Waals surface area contributed by atoms with Gasteiger partial charge in [-0.3, -0.25) is 10.1 Å². The van der Waals surface area contributed by atoms with E-state index in [2.05, 4.69) is 15.9 Å². The summed E-state index contributed by atoms with van der Waals surface area (Å²) in [5.41, 5.74) is 1.29. The number of hydrogen-bond acceptors (Lipinski definition) is 4. The van der Waals surface area contributed by atoms with Gasteiger partial charge in [-0.25, -0.2) is 0 Å². The first kappa shape index (κ1) is 14.5. The van der Waals surface area contributed by atoms with Crippen LogP contribution < -0.4 is 4.74 Å². The molecule has 0 aliphatic heterocycles. The van der Waals surface area contributed by atoms with Crippen LogP contribution in [0.2, 0.25) is 0 Å². The van der Waals surface area contributed by atoms with Gasteiger partial charge in [0.15, 0.2) is 0 Å². The SMILES string of the molecule is O=[N+]([O-])c1ccc(OCc2cccc(Br)c2)c(CO)c1. The van der Waals surface area contributed by atoms with Crippen LogP contribution in [0.5, 0.6) is 5.75 Å². The molecule has 104 valence electrons. The summed E-state index contributed by atoms with van der Waals surface area (Å²) in [5.74, 6) is 0.443. The number of rotatable bonds is 5. The van der Waals surface area contributed by atoms with E-state index in [4.69, 9.17) is 4.74 Å². The smallest absolute Gasteiger partial charge is 0.270 e. The number of hydrogen-bond donors (Lipinski definition) is 1. The van der Waals surface area contributed by atoms with Crippen LogP contribution in [0.1, 0.15) is 11.1 Å². The predicted molar refractivity (Wildman–Crippen MR) is 77.5 cm³/mol. The summed E-state index contributed by atoms with van der Waals surface area (Å²) < 4.78 is 6.55. The van der Waals surface area contributed by atoms with Gasteiger partial charge in [0.25, 0.3) is 5.69 Å². The van der Waals surface area contributed by atoms with Crippen molar-refractivity contribution in [2.24, 2.45) is 0 Å². The Balaban J connectivity index is 2.15. The molecule has 0 bridgehead atoms. The van der Waals surface area contributed by atoms with Gasteiger partial charge in [-0.05, 0) is 23.8 Å². The van der Waals surface area contributed by atoms with Crippen LogP contribution in [0.4, 0.5) is 5.69 Å². The monoisotopic (exact) mass is 337 g/mol. The van der Waals surface area contributed by atoms with Gasteiger partial charge < -0.3 is 9.84 Å². The fourth-order valence-corrected chi connectivity index (χ4v) is 2.18. The number of nitro groups is 1. The predicted octanol–water partition coefficient (Wildman–Crippen LogP) is 3.43. The molecule has 0 fully saturated rings. The Morgan fingerprint density at radius 2 is 2.05 bits per heavy atom. The van der Waals surface area contributed by atoms with E-state index >= 15 is 0 Å². The zero-order valence-corrected chi connectivity index (χ0v) is 12.0. The Hall–Kier alpha value is -1.92. The Kier molecular flexibility index (Phi) is 4.70. The minimum atomic E-state index is -0.503. The van der Waals surface area contributed by atoms with Crippen molar-refractivity contribution in [3.8, 4) is 5.75 Å². The highest BCUT2D eigenvalue weighted by atomic mass is 79.9. The third-order valence-electron chi connectivity index (χ3n) is 2.71. The van der Waals surface area contributed by atoms with E-state index in [0.717, 1.165) is 10.0 Å². The van der Waals surface area contributed by atoms with E-state index in [1.807, 2.05) is 24.3 Å². The molecule has 0 aliphatic rings. The van der Waals surface area contributed by atoms with Crippen LogP contribution in [0, 0.1) is 10.1 Å². The lowest BCUT2D eigenvalue weighted by Crippen LogP contribution is -2.00. The molecule has 0 spiro atoms. The summed E-state index contributed by atoms with van der Waals surface area (Å²) in [6, 6.07) is 11.8. The minimum absolute atomic E-state index is 0.0659. The van der Waals surface area contributed by atoms with Crippen molar-refractivity contribution in [2.45, 2.75) is 13.2 Å². The quantitative estimate of drug-likeness (QED) is 0.670. The molecule has 0 saturated heterocycles. The zero-order chi connectivity index (χ0) is 14.5. The highest BCUT2D eigenvalue weighted by molar-refractivity contribution is 9.10. The molecular formula is C14H12BrNO4. The lowest BCUT2D eigenvalue weighted by atomic mass is 10.2. The molecule has 1 N–H and O–H groups in total. The largest absolute Gasteiger partial charge is 0.489 e. The van der Waals surface area contributed by atoms with Crippen molar-refractivity contribution in [1.82, 2.24) is 0 Å². The van der Waals surface area contributed by atoms with E-state index in [0.29, 0.717) is 17.9 Å². The average Bonchev–Trinajstić information content (AvgIpc) is 2.45. The number of aliphatic hydroxyl groups excluding tert-OH is 1. The third kappa shape index (κ3) is 3.55. The van der Waals surface area contributed by atoms with Gasteiger partial charge in [0, 0.05) is 22.2 Å². The van der Waals surface area contributed by atoms with Crippen molar-refractivity contribution >= 4 is 21.6 Å². The number of nitro benzene ring substituents is 1. The zero-order valence-electron chi connectivity index (χ0n) is 10.5. The highest BCUT2D eigenvalue weighted by Gasteiger charge is 2.11. The Morgan fingerprint density at radius 3 is 2.70 bits per heavy atom. The van der Waals surface area contributed by atoms with Crippen LogP contribution in [0.25, 0.3) is 0 Å². The van der Waals surface area contributed by atoms with Crippen molar-refractivity contribution < 1.29 is 14.8 Å². The molecule has 0 radical (unpaired) electrons. The van der Waals surface area contributed by atoms with Crippen LogP contribution in [0.15, 0.2) is 46.9 Å². The van der Waals surface area contributed by atoms with Crippen molar-refractivity contribution in [1.29, 1.82) is 0 Å². The molecule has 0 unspecified atom stereocenters. The minimum Gasteiger partial charge on any atom is -0.489 e. The second-order valence-electron chi connectivity index (χ2n) is 4.13. The molecule has 0 saturated carbocycles. The second-order valence-corrected chi connectivity index (χ2v) is 5.04. The van der Waals surface area contributed by atoms with Gasteiger partial charge in [-0.1, -0.05) is 28.1 Å². The van der Waals surface area contributed by atoms with Crippen molar-refractivity contribution in [3.05, 3.63) is 68.2 Å². The molecule has 0 atom stereocenters. The van der Waals surface area contributed by atoms with Crippen LogP contribution in [0.3, 0.4) is 0 Å². The maximum Gasteiger partial charge on any atom is 0.270 e. The first-order valence-corrected chi connectivity index (χ1v) is 6.65. The number of ether oxygens (including phenoxy) is 1. The molecule has 2 rings (SSSR count). The van der Waals surface area contributed by atoms with E-state index in [9.17, 15) is 15.2 Å². The van der Waals surface area contributed by atoms with Gasteiger partial charge in [0.05, 0.1) is 11.5 Å². The average molecular weight is 338 g/mol. The van der Waals surface area contributed by atoms with E-state index in [1.54, 1.807) is 0 Å². The normalized spacial score (nSPS) is 10.3. The van der Waals surface area contributed by atoms with E-state index in [1.165, 1.54) is 18.2 Å². The summed E-state index contributed by atoms with van der Waals surface area (Å²) in [5, 5.41) is 19.9. The first-order chi connectivity index (χ1) is 9.60. The summed E-state index contributed by atoms with van der Waals surface area (Å²) >= 11 is 3.37. The number of non-ortho nitro benzene ring substituents is 1. The molecule has 20 heavy (non-hydrogen) atoms. The van der Waals surface area contributed by atoms with Gasteiger partial charge >= 0.3 is 0 Å². The van der Waals surface area contributed by atoms with E-state index < -0.39 is 4.92 Å². The lowest BCUT2D eigenvalue weighted by Gasteiger charge is -2.10. The standard InChI is InChI=1S/C14H12BrNO4/c15-12-3-1-2-10(6-12)9-20-14-5-4-13(16(18)19)7-11(14)8-17/h1-7,17H,8-9H2. The number of nitrogens with zero attached hydrogens (tertiary/aromatic N) is 1. The molecule has 0 amide bonds. The van der Waals surface area contributed by atoms with Crippen LogP contribution in [-0.4, -0.2) is 10.0 Å². The lowest BCUT2D eigenvalue weighted by molar-refractivity contribution is -0.385. The van der Waals surface area contributed by atoms with Crippen LogP contribution >= 0.6 is 15.9 Å². The number of aliphatic hydroxyl groups is 1. The van der Waals surface area contributed by atoms with Gasteiger partial charge in [-0.2, -0.15) is 0 Å². The second kappa shape index (κ2) is 6.49. The van der Waals surface area contributed by atoms with Gasteiger partial charge in [-0.15, -0.1) is 0 Å². The van der Waals surface area contributed by atoms with Crippen molar-refractivity contribution in [2.75, 3.05) is 0 Å². The molecule has 2 aromatic rings. The molecule has 5 nitrogen and oxygen atoms in total. The number of benzene rings is 2. The molecule has 0 aliphatic carbocycles. The summed E-state index contributed by atoms with van der Waals surface area (Å²) in [6.45, 7) is 0.0136. The highest BCUT2D eigenvalue weighted by Crippen LogP contribution is 2.25. The number of halogens is 1. The van der Waals surface area contributed by atoms with Gasteiger partial charge in [0.2, 0.25) is 0 Å².